The molecule has 0 saturated heterocycles. The Hall–Kier alpha value is 0.270. The van der Waals surface area contributed by atoms with E-state index in [0.29, 0.717) is 18.4 Å². The summed E-state index contributed by atoms with van der Waals surface area (Å²) in [7, 11) is 1.56. The normalized spacial score (nSPS) is 13.8. The van der Waals surface area contributed by atoms with Crippen LogP contribution in [0.3, 0.4) is 0 Å². The van der Waals surface area contributed by atoms with Gasteiger partial charge < -0.3 is 0 Å². The van der Waals surface area contributed by atoms with Crippen LogP contribution in [0.15, 0.2) is 0 Å². The van der Waals surface area contributed by atoms with Crippen molar-refractivity contribution in [2.24, 2.45) is 11.8 Å². The van der Waals surface area contributed by atoms with Crippen molar-refractivity contribution in [1.82, 2.24) is 0 Å². The van der Waals surface area contributed by atoms with Gasteiger partial charge in [-0.3, -0.25) is 0 Å². The fourth-order valence-corrected chi connectivity index (χ4v) is 1.57. The molecule has 0 spiro atoms. The lowest BCUT2D eigenvalue weighted by Crippen LogP contribution is -2.16. The predicted molar refractivity (Wildman–Crippen MR) is 54.3 cm³/mol. The molecule has 0 rings (SSSR count). The van der Waals surface area contributed by atoms with Gasteiger partial charge in [0.05, 0.1) is 13.7 Å². The van der Waals surface area contributed by atoms with Gasteiger partial charge in [0.25, 0.3) is 0 Å². The first-order chi connectivity index (χ1) is 5.72. The van der Waals surface area contributed by atoms with E-state index in [9.17, 15) is 0 Å². The summed E-state index contributed by atoms with van der Waals surface area (Å²) >= 11 is 1.88. The van der Waals surface area contributed by atoms with E-state index in [0.717, 1.165) is 0 Å². The van der Waals surface area contributed by atoms with E-state index in [2.05, 4.69) is 25.0 Å². The monoisotopic (exact) mass is 192 g/mol. The SMILES string of the molecule is COOCC(CCSC)C(C)C. The average molecular weight is 192 g/mol. The van der Waals surface area contributed by atoms with Crippen LogP contribution in [0, 0.1) is 11.8 Å². The Kier molecular flexibility index (Phi) is 8.07. The van der Waals surface area contributed by atoms with Gasteiger partial charge >= 0.3 is 0 Å². The highest BCUT2D eigenvalue weighted by molar-refractivity contribution is 7.98. The standard InChI is InChI=1S/C9H20O2S/c1-8(2)9(5-6-12-4)7-11-10-3/h8-9H,5-7H2,1-4H3. The fraction of sp³-hybridized carbons (Fsp3) is 1.00. The van der Waals surface area contributed by atoms with Crippen LogP contribution in [-0.4, -0.2) is 25.7 Å². The fourth-order valence-electron chi connectivity index (χ4n) is 1.03. The van der Waals surface area contributed by atoms with Crippen molar-refractivity contribution in [1.29, 1.82) is 0 Å². The van der Waals surface area contributed by atoms with E-state index in [1.54, 1.807) is 7.11 Å². The third-order valence-electron chi connectivity index (χ3n) is 2.04. The summed E-state index contributed by atoms with van der Waals surface area (Å²) in [5, 5.41) is 0. The largest absolute Gasteiger partial charge is 0.240 e. The molecule has 0 N–H and O–H groups in total. The average Bonchev–Trinajstić information content (AvgIpc) is 2.04. The second kappa shape index (κ2) is 7.90. The maximum atomic E-state index is 4.94. The van der Waals surface area contributed by atoms with E-state index >= 15 is 0 Å². The Morgan fingerprint density at radius 1 is 1.33 bits per heavy atom. The Morgan fingerprint density at radius 3 is 2.42 bits per heavy atom. The molecule has 1 unspecified atom stereocenters. The first-order valence-corrected chi connectivity index (χ1v) is 5.76. The zero-order valence-electron chi connectivity index (χ0n) is 8.50. The molecule has 0 aromatic rings. The predicted octanol–water partition coefficient (Wildman–Crippen LogP) is 2.59. The van der Waals surface area contributed by atoms with Crippen LogP contribution >= 0.6 is 11.8 Å². The molecule has 0 aliphatic rings. The van der Waals surface area contributed by atoms with Crippen molar-refractivity contribution in [3.8, 4) is 0 Å². The van der Waals surface area contributed by atoms with E-state index < -0.39 is 0 Å². The first-order valence-electron chi connectivity index (χ1n) is 4.37. The van der Waals surface area contributed by atoms with Crippen LogP contribution in [0.1, 0.15) is 20.3 Å². The third kappa shape index (κ3) is 5.86. The number of thioether (sulfide) groups is 1. The van der Waals surface area contributed by atoms with Crippen molar-refractivity contribution in [3.05, 3.63) is 0 Å². The Balaban J connectivity index is 3.55. The van der Waals surface area contributed by atoms with Crippen LogP contribution in [0.4, 0.5) is 0 Å². The van der Waals surface area contributed by atoms with E-state index in [1.807, 2.05) is 11.8 Å². The third-order valence-corrected chi connectivity index (χ3v) is 2.68. The zero-order valence-corrected chi connectivity index (χ0v) is 9.32. The molecule has 1 atom stereocenters. The summed E-state index contributed by atoms with van der Waals surface area (Å²) in [6.45, 7) is 5.17. The molecule has 0 radical (unpaired) electrons. The molecule has 0 bridgehead atoms. The molecule has 0 heterocycles. The molecule has 0 aromatic heterocycles. The maximum Gasteiger partial charge on any atom is 0.0853 e. The van der Waals surface area contributed by atoms with Crippen molar-refractivity contribution < 1.29 is 9.78 Å². The van der Waals surface area contributed by atoms with Crippen molar-refractivity contribution in [2.45, 2.75) is 20.3 Å². The first kappa shape index (κ1) is 12.3. The maximum absolute atomic E-state index is 4.94. The molecule has 0 fully saturated rings. The van der Waals surface area contributed by atoms with Crippen LogP contribution in [0.2, 0.25) is 0 Å². The van der Waals surface area contributed by atoms with Gasteiger partial charge in [-0.1, -0.05) is 13.8 Å². The second-order valence-electron chi connectivity index (χ2n) is 3.24. The lowest BCUT2D eigenvalue weighted by Gasteiger charge is -2.18. The van der Waals surface area contributed by atoms with E-state index in [4.69, 9.17) is 4.89 Å². The molecule has 0 saturated carbocycles. The van der Waals surface area contributed by atoms with Gasteiger partial charge in [0.15, 0.2) is 0 Å². The molecule has 12 heavy (non-hydrogen) atoms. The molecule has 74 valence electrons. The van der Waals surface area contributed by atoms with Gasteiger partial charge in [0.2, 0.25) is 0 Å². The van der Waals surface area contributed by atoms with Gasteiger partial charge in [0, 0.05) is 0 Å². The lowest BCUT2D eigenvalue weighted by molar-refractivity contribution is -0.281. The molecule has 0 aliphatic heterocycles. The van der Waals surface area contributed by atoms with E-state index in [-0.39, 0.29) is 0 Å². The molecule has 0 aromatic carbocycles. The highest BCUT2D eigenvalue weighted by Gasteiger charge is 2.13. The van der Waals surface area contributed by atoms with Crippen LogP contribution in [-0.2, 0) is 9.78 Å². The van der Waals surface area contributed by atoms with Crippen molar-refractivity contribution >= 4 is 11.8 Å². The highest BCUT2D eigenvalue weighted by atomic mass is 32.2. The van der Waals surface area contributed by atoms with Crippen LogP contribution < -0.4 is 0 Å². The summed E-state index contributed by atoms with van der Waals surface area (Å²) in [5.41, 5.74) is 0. The summed E-state index contributed by atoms with van der Waals surface area (Å²) in [6.07, 6.45) is 3.34. The summed E-state index contributed by atoms with van der Waals surface area (Å²) < 4.78 is 0. The zero-order chi connectivity index (χ0) is 9.40. The smallest absolute Gasteiger partial charge is 0.0853 e. The molecular weight excluding hydrogens is 172 g/mol. The Bertz CT molecular complexity index is 88.5. The summed E-state index contributed by atoms with van der Waals surface area (Å²) in [6, 6.07) is 0. The van der Waals surface area contributed by atoms with Crippen LogP contribution in [0.25, 0.3) is 0 Å². The number of hydrogen-bond acceptors (Lipinski definition) is 3. The minimum Gasteiger partial charge on any atom is -0.240 e. The minimum atomic E-state index is 0.623. The topological polar surface area (TPSA) is 18.5 Å². The molecule has 0 amide bonds. The molecule has 0 aliphatic carbocycles. The molecule has 2 nitrogen and oxygen atoms in total. The summed E-state index contributed by atoms with van der Waals surface area (Å²) in [4.78, 5) is 9.54. The van der Waals surface area contributed by atoms with Gasteiger partial charge in [-0.15, -0.1) is 0 Å². The highest BCUT2D eigenvalue weighted by Crippen LogP contribution is 2.17. The molecule has 3 heteroatoms. The van der Waals surface area contributed by atoms with Crippen LogP contribution in [0.5, 0.6) is 0 Å². The second-order valence-corrected chi connectivity index (χ2v) is 4.22. The summed E-state index contributed by atoms with van der Waals surface area (Å²) in [5.74, 6) is 2.50. The lowest BCUT2D eigenvalue weighted by atomic mass is 9.94. The van der Waals surface area contributed by atoms with Gasteiger partial charge in [0.1, 0.15) is 0 Å². The van der Waals surface area contributed by atoms with Gasteiger partial charge in [-0.2, -0.15) is 11.8 Å². The Labute approximate surface area is 79.9 Å². The van der Waals surface area contributed by atoms with Gasteiger partial charge in [-0.25, -0.2) is 9.78 Å². The molecular formula is C9H20O2S. The minimum absolute atomic E-state index is 0.623. The van der Waals surface area contributed by atoms with E-state index in [1.165, 1.54) is 12.2 Å². The van der Waals surface area contributed by atoms with Crippen molar-refractivity contribution in [3.63, 3.8) is 0 Å². The quantitative estimate of drug-likeness (QED) is 0.456. The van der Waals surface area contributed by atoms with Gasteiger partial charge in [-0.05, 0) is 30.3 Å². The van der Waals surface area contributed by atoms with Crippen molar-refractivity contribution in [2.75, 3.05) is 25.7 Å². The number of hydrogen-bond donors (Lipinski definition) is 0. The Morgan fingerprint density at radius 2 is 2.00 bits per heavy atom. The number of rotatable bonds is 7.